The van der Waals surface area contributed by atoms with Crippen LogP contribution in [0.2, 0.25) is 0 Å². The van der Waals surface area contributed by atoms with Gasteiger partial charge in [0.25, 0.3) is 0 Å². The normalized spacial score (nSPS) is 17.7. The van der Waals surface area contributed by atoms with Gasteiger partial charge in [0, 0.05) is 48.9 Å². The molecule has 2 N–H and O–H groups in total. The first-order chi connectivity index (χ1) is 17.2. The fraction of sp³-hybridized carbons (Fsp3) is 0.370. The van der Waals surface area contributed by atoms with Crippen LogP contribution >= 0.6 is 12.2 Å². The van der Waals surface area contributed by atoms with Crippen molar-refractivity contribution >= 4 is 34.6 Å². The van der Waals surface area contributed by atoms with E-state index < -0.39 is 5.41 Å². The molecule has 8 nitrogen and oxygen atoms in total. The summed E-state index contributed by atoms with van der Waals surface area (Å²) in [7, 11) is 3.29. The molecule has 3 aromatic rings. The van der Waals surface area contributed by atoms with Gasteiger partial charge in [0.15, 0.2) is 5.11 Å². The lowest BCUT2D eigenvalue weighted by Crippen LogP contribution is -2.31. The topological polar surface area (TPSA) is 80.7 Å². The van der Waals surface area contributed by atoms with E-state index in [1.807, 2.05) is 63.2 Å². The molecule has 1 aliphatic heterocycles. The summed E-state index contributed by atoms with van der Waals surface area (Å²) in [6.45, 7) is 6.93. The van der Waals surface area contributed by atoms with Crippen LogP contribution < -0.4 is 20.3 Å². The van der Waals surface area contributed by atoms with Crippen molar-refractivity contribution in [2.24, 2.45) is 5.41 Å². The number of carbonyl (C=O) groups excluding carboxylic acids is 1. The van der Waals surface area contributed by atoms with Crippen molar-refractivity contribution in [2.75, 3.05) is 31.0 Å². The van der Waals surface area contributed by atoms with Gasteiger partial charge in [-0.25, -0.2) is 0 Å². The second-order valence-electron chi connectivity index (χ2n) is 9.70. The third-order valence-electron chi connectivity index (χ3n) is 6.19. The van der Waals surface area contributed by atoms with Crippen LogP contribution in [-0.4, -0.2) is 41.4 Å². The van der Waals surface area contributed by atoms with Crippen molar-refractivity contribution in [1.82, 2.24) is 14.9 Å². The number of hydrogen-bond acceptors (Lipinski definition) is 5. The van der Waals surface area contributed by atoms with Crippen LogP contribution in [0.4, 0.5) is 11.4 Å². The number of nitrogens with one attached hydrogen (secondary N) is 2. The molecule has 0 saturated carbocycles. The molecule has 9 heteroatoms. The number of anilines is 2. The molecule has 1 saturated heterocycles. The van der Waals surface area contributed by atoms with Crippen LogP contribution in [0.15, 0.2) is 60.9 Å². The summed E-state index contributed by atoms with van der Waals surface area (Å²) >= 11 is 5.85. The average molecular weight is 508 g/mol. The number of thiocarbonyl (C=S) groups is 1. The number of hydrogen-bond donors (Lipinski definition) is 2. The van der Waals surface area contributed by atoms with E-state index in [9.17, 15) is 4.79 Å². The molecule has 190 valence electrons. The zero-order valence-corrected chi connectivity index (χ0v) is 22.1. The number of nitrogens with zero attached hydrogens (tertiary/aromatic N) is 3. The Balaban J connectivity index is 1.76. The summed E-state index contributed by atoms with van der Waals surface area (Å²) in [6.07, 6.45) is 3.84. The van der Waals surface area contributed by atoms with Gasteiger partial charge >= 0.3 is 0 Å². The number of benzene rings is 1. The fourth-order valence-electron chi connectivity index (χ4n) is 4.27. The second kappa shape index (κ2) is 10.7. The van der Waals surface area contributed by atoms with Crippen molar-refractivity contribution in [1.29, 1.82) is 0 Å². The van der Waals surface area contributed by atoms with E-state index in [0.29, 0.717) is 29.7 Å². The minimum Gasteiger partial charge on any atom is -0.494 e. The monoisotopic (exact) mass is 507 g/mol. The van der Waals surface area contributed by atoms with Crippen molar-refractivity contribution in [3.8, 4) is 5.75 Å². The third-order valence-corrected chi connectivity index (χ3v) is 6.51. The predicted octanol–water partition coefficient (Wildman–Crippen LogP) is 4.70. The number of rotatable bonds is 8. The first-order valence-electron chi connectivity index (χ1n) is 11.9. The number of methoxy groups -OCH3 is 2. The molecule has 2 atom stereocenters. The molecule has 2 aromatic heterocycles. The molecule has 1 aliphatic rings. The van der Waals surface area contributed by atoms with Crippen molar-refractivity contribution in [3.63, 3.8) is 0 Å². The van der Waals surface area contributed by atoms with Gasteiger partial charge in [-0.15, -0.1) is 0 Å². The lowest BCUT2D eigenvalue weighted by molar-refractivity contribution is -0.123. The molecule has 1 amide bonds. The molecular weight excluding hydrogens is 474 g/mol. The Morgan fingerprint density at radius 2 is 1.97 bits per heavy atom. The summed E-state index contributed by atoms with van der Waals surface area (Å²) in [5, 5.41) is 7.05. The van der Waals surface area contributed by atoms with Gasteiger partial charge in [-0.1, -0.05) is 26.8 Å². The summed E-state index contributed by atoms with van der Waals surface area (Å²) in [5.74, 6) is 0.471. The molecular formula is C27H33N5O3S. The predicted molar refractivity (Wildman–Crippen MR) is 145 cm³/mol. The third kappa shape index (κ3) is 5.22. The highest BCUT2D eigenvalue weighted by molar-refractivity contribution is 7.80. The van der Waals surface area contributed by atoms with Crippen molar-refractivity contribution in [3.05, 3.63) is 72.3 Å². The molecule has 1 fully saturated rings. The largest absolute Gasteiger partial charge is 0.494 e. The maximum atomic E-state index is 12.6. The Bertz CT molecular complexity index is 1220. The first kappa shape index (κ1) is 25.7. The summed E-state index contributed by atoms with van der Waals surface area (Å²) < 4.78 is 13.2. The molecule has 4 rings (SSSR count). The van der Waals surface area contributed by atoms with E-state index in [1.54, 1.807) is 20.4 Å². The molecule has 1 aromatic carbocycles. The quantitative estimate of drug-likeness (QED) is 0.428. The molecule has 3 heterocycles. The standard InChI is InChI=1S/C27H33N5O3S/c1-27(2,3)25(33)29-19-12-11-18(17-22(19)35-5)32-24(21-10-8-14-31(21)15-16-34-4)23(30-26(32)36)20-9-6-7-13-28-20/h6-14,17,23-24H,15-16H2,1-5H3,(H,29,33)(H,30,36). The van der Waals surface area contributed by atoms with Crippen molar-refractivity contribution in [2.45, 2.75) is 39.4 Å². The number of ether oxygens (including phenoxy) is 2. The van der Waals surface area contributed by atoms with Gasteiger partial charge in [0.2, 0.25) is 5.91 Å². The van der Waals surface area contributed by atoms with Crippen molar-refractivity contribution < 1.29 is 14.3 Å². The van der Waals surface area contributed by atoms with Gasteiger partial charge in [-0.3, -0.25) is 9.78 Å². The Kier molecular flexibility index (Phi) is 7.61. The highest BCUT2D eigenvalue weighted by Crippen LogP contribution is 2.43. The van der Waals surface area contributed by atoms with Crippen LogP contribution in [0.25, 0.3) is 0 Å². The first-order valence-corrected chi connectivity index (χ1v) is 12.3. The molecule has 0 aliphatic carbocycles. The van der Waals surface area contributed by atoms with Gasteiger partial charge in [-0.05, 0) is 48.6 Å². The molecule has 36 heavy (non-hydrogen) atoms. The maximum Gasteiger partial charge on any atom is 0.229 e. The molecule has 0 bridgehead atoms. The van der Waals surface area contributed by atoms with E-state index >= 15 is 0 Å². The maximum absolute atomic E-state index is 12.6. The van der Waals surface area contributed by atoms with E-state index in [2.05, 4.69) is 37.3 Å². The Labute approximate surface area is 217 Å². The smallest absolute Gasteiger partial charge is 0.229 e. The summed E-state index contributed by atoms with van der Waals surface area (Å²) in [6, 6.07) is 15.4. The van der Waals surface area contributed by atoms with E-state index in [4.69, 9.17) is 21.7 Å². The molecule has 2 unspecified atom stereocenters. The average Bonchev–Trinajstić information content (AvgIpc) is 3.46. The number of aromatic nitrogens is 2. The van der Waals surface area contributed by atoms with Crippen LogP contribution in [0.1, 0.15) is 44.2 Å². The SMILES string of the molecule is COCCn1cccc1C1C(c2ccccn2)NC(=S)N1c1ccc(NC(=O)C(C)(C)C)c(OC)c1. The summed E-state index contributed by atoms with van der Waals surface area (Å²) in [4.78, 5) is 19.3. The van der Waals surface area contributed by atoms with Crippen LogP contribution in [-0.2, 0) is 16.1 Å². The van der Waals surface area contributed by atoms with Gasteiger partial charge in [0.1, 0.15) is 11.8 Å². The molecule has 0 spiro atoms. The van der Waals surface area contributed by atoms with Gasteiger partial charge < -0.3 is 29.6 Å². The highest BCUT2D eigenvalue weighted by Gasteiger charge is 2.42. The fourth-order valence-corrected chi connectivity index (χ4v) is 4.61. The Morgan fingerprint density at radius 1 is 1.17 bits per heavy atom. The number of amides is 1. The second-order valence-corrected chi connectivity index (χ2v) is 10.1. The lowest BCUT2D eigenvalue weighted by Gasteiger charge is -2.29. The Morgan fingerprint density at radius 3 is 2.64 bits per heavy atom. The van der Waals surface area contributed by atoms with Crippen LogP contribution in [0.3, 0.4) is 0 Å². The zero-order valence-electron chi connectivity index (χ0n) is 21.3. The highest BCUT2D eigenvalue weighted by atomic mass is 32.1. The number of carbonyl (C=O) groups is 1. The lowest BCUT2D eigenvalue weighted by atomic mass is 9.95. The van der Waals surface area contributed by atoms with E-state index in [0.717, 1.165) is 17.1 Å². The van der Waals surface area contributed by atoms with E-state index in [1.165, 1.54) is 0 Å². The van der Waals surface area contributed by atoms with Crippen LogP contribution in [0.5, 0.6) is 5.75 Å². The minimum atomic E-state index is -0.529. The van der Waals surface area contributed by atoms with Crippen LogP contribution in [0, 0.1) is 5.41 Å². The summed E-state index contributed by atoms with van der Waals surface area (Å²) in [5.41, 5.74) is 2.91. The van der Waals surface area contributed by atoms with E-state index in [-0.39, 0.29) is 18.0 Å². The minimum absolute atomic E-state index is 0.0871. The zero-order chi connectivity index (χ0) is 25.9. The molecule has 0 radical (unpaired) electrons. The van der Waals surface area contributed by atoms with Gasteiger partial charge in [0.05, 0.1) is 31.1 Å². The van der Waals surface area contributed by atoms with Gasteiger partial charge in [-0.2, -0.15) is 0 Å². The number of pyridine rings is 1. The Hall–Kier alpha value is -3.43.